The van der Waals surface area contributed by atoms with Crippen molar-refractivity contribution in [2.24, 2.45) is 0 Å². The summed E-state index contributed by atoms with van der Waals surface area (Å²) in [6.45, 7) is 11.9. The fourth-order valence-electron chi connectivity index (χ4n) is 6.06. The molecule has 0 saturated carbocycles. The number of rotatable bonds is 4. The molecule has 7 aromatic carbocycles. The molecule has 0 saturated heterocycles. The van der Waals surface area contributed by atoms with E-state index in [9.17, 15) is 0 Å². The Morgan fingerprint density at radius 2 is 0.684 bits per heavy atom. The lowest BCUT2D eigenvalue weighted by Crippen LogP contribution is -2.31. The Labute approximate surface area is 340 Å². The Morgan fingerprint density at radius 1 is 0.386 bits per heavy atom. The number of phenolic OH excluding ortho intramolecular Hbond substituents is 1. The quantitative estimate of drug-likeness (QED) is 0.194. The van der Waals surface area contributed by atoms with Crippen LogP contribution in [0, 0.1) is 0 Å². The molecule has 0 atom stereocenters. The summed E-state index contributed by atoms with van der Waals surface area (Å²) in [5.74, 6) is 3.66. The van der Waals surface area contributed by atoms with Gasteiger partial charge in [0, 0.05) is 35.6 Å². The molecule has 0 spiro atoms. The molecule has 2 aliphatic rings. The average Bonchev–Trinajstić information content (AvgIpc) is 3.28. The van der Waals surface area contributed by atoms with Crippen LogP contribution >= 0.6 is 0 Å². The van der Waals surface area contributed by atoms with Crippen molar-refractivity contribution in [3.05, 3.63) is 222 Å². The Balaban J connectivity index is 0.000000142. The van der Waals surface area contributed by atoms with Crippen LogP contribution in [0.1, 0.15) is 61.8 Å². The normalized spacial score (nSPS) is 12.2. The lowest BCUT2D eigenvalue weighted by Gasteiger charge is -2.30. The van der Waals surface area contributed by atoms with Gasteiger partial charge >= 0.3 is 0 Å². The highest BCUT2D eigenvalue weighted by Gasteiger charge is 2.17. The third kappa shape index (κ3) is 14.0. The number of ether oxygens (including phenoxy) is 2. The van der Waals surface area contributed by atoms with E-state index in [1.54, 1.807) is 24.3 Å². The van der Waals surface area contributed by atoms with Crippen LogP contribution in [0.2, 0.25) is 0 Å². The Hall–Kier alpha value is -6.46. The fourth-order valence-corrected chi connectivity index (χ4v) is 6.06. The molecule has 7 aromatic rings. The lowest BCUT2D eigenvalue weighted by atomic mass is 10.0. The number of benzene rings is 7. The van der Waals surface area contributed by atoms with Crippen molar-refractivity contribution in [2.45, 2.75) is 52.6 Å². The van der Waals surface area contributed by atoms with Gasteiger partial charge in [0.1, 0.15) is 17.2 Å². The molecular formula is C52H56N2O3. The maximum absolute atomic E-state index is 8.63. The molecule has 0 amide bonds. The molecule has 1 N–H and O–H groups in total. The van der Waals surface area contributed by atoms with E-state index in [1.165, 1.54) is 33.6 Å². The summed E-state index contributed by atoms with van der Waals surface area (Å²) in [6, 6.07) is 66.9. The minimum Gasteiger partial charge on any atom is -0.508 e. The molecule has 57 heavy (non-hydrogen) atoms. The number of para-hydroxylation sites is 5. The van der Waals surface area contributed by atoms with Gasteiger partial charge in [0.2, 0.25) is 0 Å². The van der Waals surface area contributed by atoms with Crippen LogP contribution in [-0.4, -0.2) is 18.6 Å². The zero-order valence-corrected chi connectivity index (χ0v) is 33.7. The summed E-state index contributed by atoms with van der Waals surface area (Å²) in [4.78, 5) is 4.45. The molecule has 0 aliphatic carbocycles. The molecule has 2 aliphatic heterocycles. The molecule has 9 rings (SSSR count). The predicted molar refractivity (Wildman–Crippen MR) is 238 cm³/mol. The van der Waals surface area contributed by atoms with E-state index in [-0.39, 0.29) is 0 Å². The molecular weight excluding hydrogens is 701 g/mol. The molecule has 5 nitrogen and oxygen atoms in total. The third-order valence-electron chi connectivity index (χ3n) is 9.35. The van der Waals surface area contributed by atoms with Crippen molar-refractivity contribution in [1.82, 2.24) is 0 Å². The predicted octanol–water partition coefficient (Wildman–Crippen LogP) is 13.1. The van der Waals surface area contributed by atoms with Crippen LogP contribution < -0.4 is 19.3 Å². The topological polar surface area (TPSA) is 45.2 Å². The van der Waals surface area contributed by atoms with E-state index in [2.05, 4.69) is 159 Å². The van der Waals surface area contributed by atoms with Gasteiger partial charge in [0.25, 0.3) is 0 Å². The Bertz CT molecular complexity index is 1970. The number of anilines is 2. The zero-order valence-electron chi connectivity index (χ0n) is 33.7. The first-order chi connectivity index (χ1) is 27.9. The minimum atomic E-state index is 0.322. The van der Waals surface area contributed by atoms with Crippen molar-refractivity contribution in [2.75, 3.05) is 23.3 Å². The van der Waals surface area contributed by atoms with Gasteiger partial charge in [-0.3, -0.25) is 0 Å². The van der Waals surface area contributed by atoms with Gasteiger partial charge in [0.15, 0.2) is 13.5 Å². The van der Waals surface area contributed by atoms with Crippen LogP contribution in [0.3, 0.4) is 0 Å². The van der Waals surface area contributed by atoms with Gasteiger partial charge < -0.3 is 24.4 Å². The highest BCUT2D eigenvalue weighted by atomic mass is 16.5. The van der Waals surface area contributed by atoms with Crippen molar-refractivity contribution in [1.29, 1.82) is 0 Å². The highest BCUT2D eigenvalue weighted by molar-refractivity contribution is 5.50. The van der Waals surface area contributed by atoms with Crippen molar-refractivity contribution in [3.63, 3.8) is 0 Å². The summed E-state index contributed by atoms with van der Waals surface area (Å²) in [5, 5.41) is 8.63. The number of hydrogen-bond acceptors (Lipinski definition) is 5. The first-order valence-corrected chi connectivity index (χ1v) is 19.7. The highest BCUT2D eigenvalue weighted by Crippen LogP contribution is 2.29. The van der Waals surface area contributed by atoms with Crippen LogP contribution in [0.4, 0.5) is 11.4 Å². The van der Waals surface area contributed by atoms with E-state index >= 15 is 0 Å². The lowest BCUT2D eigenvalue weighted by molar-refractivity contribution is 0.289. The van der Waals surface area contributed by atoms with Gasteiger partial charge in [-0.15, -0.1) is 0 Å². The molecule has 0 fully saturated rings. The van der Waals surface area contributed by atoms with Crippen molar-refractivity contribution < 1.29 is 14.6 Å². The van der Waals surface area contributed by atoms with Gasteiger partial charge in [0.05, 0.1) is 0 Å². The fraction of sp³-hybridized carbons (Fsp3) is 0.192. The number of nitrogens with zero attached hydrogens (tertiary/aromatic N) is 2. The maximum atomic E-state index is 8.63. The van der Waals surface area contributed by atoms with Crippen LogP contribution in [0.25, 0.3) is 0 Å². The first-order valence-electron chi connectivity index (χ1n) is 19.7. The minimum absolute atomic E-state index is 0.322. The summed E-state index contributed by atoms with van der Waals surface area (Å²) in [7, 11) is 0. The number of aromatic hydroxyl groups is 1. The van der Waals surface area contributed by atoms with E-state index in [4.69, 9.17) is 14.6 Å². The summed E-state index contributed by atoms with van der Waals surface area (Å²) >= 11 is 0. The van der Waals surface area contributed by atoms with Gasteiger partial charge in [-0.2, -0.15) is 0 Å². The van der Waals surface area contributed by atoms with Crippen LogP contribution in [0.5, 0.6) is 17.2 Å². The summed E-state index contributed by atoms with van der Waals surface area (Å²) in [5.41, 5.74) is 7.74. The number of fused-ring (bicyclic) bond motifs is 2. The second-order valence-corrected chi connectivity index (χ2v) is 14.3. The standard InChI is InChI=1S/2C14H13NO.2C9H12.C6H6O/c2*1-2-7-13(8-3-1)15-10-12-6-4-5-9-14(12)16-11-15;2*1-8(2)9-6-4-3-5-7-9;7-6-4-2-1-3-5-6/h2*1-9H,10-11H2;2*3-8H,1-2H3;1-5,7H. The van der Waals surface area contributed by atoms with Gasteiger partial charge in [-0.1, -0.05) is 179 Å². The maximum Gasteiger partial charge on any atom is 0.161 e. The van der Waals surface area contributed by atoms with E-state index in [0.29, 0.717) is 31.0 Å². The Kier molecular flexibility index (Phi) is 16.7. The zero-order chi connectivity index (χ0) is 40.1. The van der Waals surface area contributed by atoms with Gasteiger partial charge in [-0.05, 0) is 71.5 Å². The molecule has 5 heteroatoms. The number of phenols is 1. The average molecular weight is 757 g/mol. The molecule has 0 bridgehead atoms. The molecule has 0 aromatic heterocycles. The monoisotopic (exact) mass is 756 g/mol. The second kappa shape index (κ2) is 22.8. The van der Waals surface area contributed by atoms with Crippen LogP contribution in [0.15, 0.2) is 200 Å². The van der Waals surface area contributed by atoms with Crippen LogP contribution in [-0.2, 0) is 13.1 Å². The molecule has 0 radical (unpaired) electrons. The van der Waals surface area contributed by atoms with Crippen molar-refractivity contribution in [3.8, 4) is 17.2 Å². The smallest absolute Gasteiger partial charge is 0.161 e. The van der Waals surface area contributed by atoms with Crippen molar-refractivity contribution >= 4 is 11.4 Å². The Morgan fingerprint density at radius 3 is 0.982 bits per heavy atom. The third-order valence-corrected chi connectivity index (χ3v) is 9.35. The summed E-state index contributed by atoms with van der Waals surface area (Å²) in [6.07, 6.45) is 0. The number of hydrogen-bond donors (Lipinski definition) is 1. The molecule has 0 unspecified atom stereocenters. The first kappa shape index (κ1) is 41.7. The molecule has 2 heterocycles. The van der Waals surface area contributed by atoms with E-state index in [0.717, 1.165) is 24.6 Å². The SMILES string of the molecule is CC(C)c1ccccc1.CC(C)c1ccccc1.Oc1ccccc1.c1ccc(N2COc3ccccc3C2)cc1.c1ccc(N2COc3ccccc3C2)cc1. The summed E-state index contributed by atoms with van der Waals surface area (Å²) < 4.78 is 11.4. The van der Waals surface area contributed by atoms with E-state index < -0.39 is 0 Å². The van der Waals surface area contributed by atoms with Gasteiger partial charge in [-0.25, -0.2) is 0 Å². The largest absolute Gasteiger partial charge is 0.508 e. The molecule has 292 valence electrons. The van der Waals surface area contributed by atoms with E-state index in [1.807, 2.05) is 54.6 Å². The second-order valence-electron chi connectivity index (χ2n) is 14.3.